The van der Waals surface area contributed by atoms with Gasteiger partial charge in [0.2, 0.25) is 0 Å². The number of nitrogens with zero attached hydrogens (tertiary/aromatic N) is 1. The van der Waals surface area contributed by atoms with Gasteiger partial charge in [0.05, 0.1) is 6.42 Å². The number of rotatable bonds is 3. The number of H-pyrrole nitrogens is 1. The number of benzene rings is 1. The zero-order valence-corrected chi connectivity index (χ0v) is 9.40. The van der Waals surface area contributed by atoms with Gasteiger partial charge in [-0.2, -0.15) is 4.57 Å². The summed E-state index contributed by atoms with van der Waals surface area (Å²) in [5.74, 6) is -0.768. The number of aromatic nitrogens is 2. The van der Waals surface area contributed by atoms with Crippen molar-refractivity contribution in [2.75, 3.05) is 0 Å². The van der Waals surface area contributed by atoms with E-state index >= 15 is 0 Å². The molecule has 5 nitrogen and oxygen atoms in total. The Balaban J connectivity index is 2.37. The first-order valence-corrected chi connectivity index (χ1v) is 5.32. The number of carboxylic acids is 1. The van der Waals surface area contributed by atoms with Crippen LogP contribution in [0.1, 0.15) is 23.5 Å². The molecule has 0 aliphatic heterocycles. The summed E-state index contributed by atoms with van der Waals surface area (Å²) in [7, 11) is 0. The van der Waals surface area contributed by atoms with Crippen molar-refractivity contribution in [3.8, 4) is 0 Å². The lowest BCUT2D eigenvalue weighted by Crippen LogP contribution is -2.24. The van der Waals surface area contributed by atoms with E-state index in [0.29, 0.717) is 5.82 Å². The Labute approximate surface area is 97.7 Å². The molecule has 0 spiro atoms. The summed E-state index contributed by atoms with van der Waals surface area (Å²) in [4.78, 5) is 25.3. The third-order valence-corrected chi connectivity index (χ3v) is 2.59. The number of carboxylic acid groups (broad SMARTS) is 1. The number of hydrogen-bond acceptors (Lipinski definition) is 3. The van der Waals surface area contributed by atoms with Crippen molar-refractivity contribution < 1.29 is 19.7 Å². The van der Waals surface area contributed by atoms with Gasteiger partial charge in [-0.3, -0.25) is 0 Å². The summed E-state index contributed by atoms with van der Waals surface area (Å²) in [6.07, 6.45) is -0.319. The predicted molar refractivity (Wildman–Crippen MR) is 58.1 cm³/mol. The Morgan fingerprint density at radius 3 is 2.71 bits per heavy atom. The second kappa shape index (κ2) is 4.37. The Bertz CT molecular complexity index is 586. The first-order valence-electron chi connectivity index (χ1n) is 5.32. The Hall–Kier alpha value is -2.17. The highest BCUT2D eigenvalue weighted by Gasteiger charge is 2.20. The number of aromatic amines is 1. The van der Waals surface area contributed by atoms with Gasteiger partial charge in [0.1, 0.15) is 0 Å². The third kappa shape index (κ3) is 2.18. The largest absolute Gasteiger partial charge is 0.550 e. The first kappa shape index (κ1) is 11.3. The van der Waals surface area contributed by atoms with Gasteiger partial charge in [-0.1, -0.05) is 12.1 Å². The van der Waals surface area contributed by atoms with Crippen molar-refractivity contribution in [3.05, 3.63) is 30.1 Å². The average molecular weight is 232 g/mol. The highest BCUT2D eigenvalue weighted by molar-refractivity contribution is 5.90. The van der Waals surface area contributed by atoms with Gasteiger partial charge >= 0.3 is 5.91 Å². The number of aliphatic carboxylic acids is 1. The van der Waals surface area contributed by atoms with Crippen molar-refractivity contribution >= 4 is 22.9 Å². The van der Waals surface area contributed by atoms with Crippen LogP contribution in [0.15, 0.2) is 24.3 Å². The smallest absolute Gasteiger partial charge is 0.315 e. The fourth-order valence-electron chi connectivity index (χ4n) is 1.85. The topological polar surface area (TPSA) is 76.3 Å². The van der Waals surface area contributed by atoms with E-state index in [-0.39, 0.29) is 18.7 Å². The molecule has 5 heteroatoms. The average Bonchev–Trinajstić information content (AvgIpc) is 2.61. The third-order valence-electron chi connectivity index (χ3n) is 2.59. The molecule has 2 rings (SSSR count). The maximum absolute atomic E-state index is 11.9. The number of fused-ring (bicyclic) bond motifs is 1. The van der Waals surface area contributed by atoms with Crippen LogP contribution >= 0.6 is 0 Å². The number of nitrogens with one attached hydrogen (secondary N) is 1. The number of imidazole rings is 1. The maximum atomic E-state index is 11.9. The summed E-state index contributed by atoms with van der Waals surface area (Å²) >= 11 is 0. The number of carbonyl (C=O) groups is 2. The molecule has 2 aromatic rings. The van der Waals surface area contributed by atoms with Crippen LogP contribution in [0.4, 0.5) is 0 Å². The van der Waals surface area contributed by atoms with Gasteiger partial charge in [-0.25, -0.2) is 9.78 Å². The summed E-state index contributed by atoms with van der Waals surface area (Å²) in [6, 6.07) is 7.38. The van der Waals surface area contributed by atoms with E-state index in [1.165, 1.54) is 4.57 Å². The van der Waals surface area contributed by atoms with E-state index in [9.17, 15) is 14.7 Å². The van der Waals surface area contributed by atoms with Gasteiger partial charge < -0.3 is 9.90 Å². The van der Waals surface area contributed by atoms with Crippen LogP contribution in [0.5, 0.6) is 0 Å². The number of aryl methyl sites for hydroxylation is 1. The zero-order chi connectivity index (χ0) is 12.4. The standard InChI is InChI=1S/C12H12N2O3/c1-8-13-9-4-2-3-5-10(9)14(8)11(15)6-7-12(16)17/h2-5H,6-7H2,1H3,(H,16,17). The minimum atomic E-state index is -1.21. The van der Waals surface area contributed by atoms with Gasteiger partial charge in [0.15, 0.2) is 11.0 Å². The Morgan fingerprint density at radius 1 is 1.29 bits per heavy atom. The van der Waals surface area contributed by atoms with Crippen molar-refractivity contribution in [1.29, 1.82) is 0 Å². The van der Waals surface area contributed by atoms with Crippen LogP contribution in [0.25, 0.3) is 11.0 Å². The van der Waals surface area contributed by atoms with Crippen LogP contribution in [-0.4, -0.2) is 16.4 Å². The molecule has 0 saturated carbocycles. The first-order chi connectivity index (χ1) is 8.09. The zero-order valence-electron chi connectivity index (χ0n) is 9.40. The van der Waals surface area contributed by atoms with Crippen molar-refractivity contribution in [2.24, 2.45) is 0 Å². The molecule has 0 aliphatic carbocycles. The molecule has 17 heavy (non-hydrogen) atoms. The molecule has 0 bridgehead atoms. The molecular formula is C12H12N2O3. The van der Waals surface area contributed by atoms with Crippen LogP contribution in [-0.2, 0) is 4.79 Å². The Kier molecular flexibility index (Phi) is 2.91. The molecule has 0 atom stereocenters. The van der Waals surface area contributed by atoms with E-state index < -0.39 is 5.97 Å². The van der Waals surface area contributed by atoms with E-state index in [1.54, 1.807) is 6.92 Å². The highest BCUT2D eigenvalue weighted by atomic mass is 16.4. The minimum Gasteiger partial charge on any atom is -0.550 e. The summed E-state index contributed by atoms with van der Waals surface area (Å²) < 4.78 is 1.50. The second-order valence-electron chi connectivity index (χ2n) is 3.83. The maximum Gasteiger partial charge on any atom is 0.315 e. The monoisotopic (exact) mass is 232 g/mol. The van der Waals surface area contributed by atoms with Crippen LogP contribution in [0, 0.1) is 6.92 Å². The quantitative estimate of drug-likeness (QED) is 0.743. The van der Waals surface area contributed by atoms with Crippen molar-refractivity contribution in [2.45, 2.75) is 19.8 Å². The fraction of sp³-hybridized carbons (Fsp3) is 0.250. The van der Waals surface area contributed by atoms with Crippen molar-refractivity contribution in [3.63, 3.8) is 0 Å². The molecule has 0 amide bonds. The van der Waals surface area contributed by atoms with E-state index in [0.717, 1.165) is 11.0 Å². The summed E-state index contributed by atoms with van der Waals surface area (Å²) in [6.45, 7) is 1.77. The lowest BCUT2D eigenvalue weighted by molar-refractivity contribution is -0.356. The molecule has 0 radical (unpaired) electrons. The number of carbonyl (C=O) groups excluding carboxylic acids is 2. The van der Waals surface area contributed by atoms with Crippen molar-refractivity contribution in [1.82, 2.24) is 4.57 Å². The SMILES string of the molecule is Cc1[nH+]c2ccccc2n1C(=O)CCC(=O)[O-]. The predicted octanol–water partition coefficient (Wildman–Crippen LogP) is -0.0659. The van der Waals surface area contributed by atoms with E-state index in [2.05, 4.69) is 4.98 Å². The Morgan fingerprint density at radius 2 is 2.00 bits per heavy atom. The second-order valence-corrected chi connectivity index (χ2v) is 3.83. The molecule has 1 heterocycles. The summed E-state index contributed by atoms with van der Waals surface area (Å²) in [5, 5.41) is 10.3. The molecule has 0 aliphatic rings. The molecule has 1 N–H and O–H groups in total. The van der Waals surface area contributed by atoms with Gasteiger partial charge in [0.25, 0.3) is 5.82 Å². The lowest BCUT2D eigenvalue weighted by atomic mass is 10.2. The van der Waals surface area contributed by atoms with Gasteiger partial charge in [-0.05, 0) is 18.6 Å². The molecule has 88 valence electrons. The van der Waals surface area contributed by atoms with Gasteiger partial charge in [0, 0.05) is 12.9 Å². The molecular weight excluding hydrogens is 220 g/mol. The van der Waals surface area contributed by atoms with Gasteiger partial charge in [-0.15, -0.1) is 0 Å². The number of hydrogen-bond donors (Lipinski definition) is 0. The molecule has 0 fully saturated rings. The summed E-state index contributed by atoms with van der Waals surface area (Å²) in [5.41, 5.74) is 1.61. The molecule has 1 aromatic carbocycles. The molecule has 0 unspecified atom stereocenters. The van der Waals surface area contributed by atoms with E-state index in [4.69, 9.17) is 0 Å². The fourth-order valence-corrected chi connectivity index (χ4v) is 1.85. The molecule has 0 saturated heterocycles. The molecule has 1 aromatic heterocycles. The normalized spacial score (nSPS) is 10.6. The van der Waals surface area contributed by atoms with Crippen LogP contribution in [0.2, 0.25) is 0 Å². The van der Waals surface area contributed by atoms with Crippen LogP contribution < -0.4 is 10.1 Å². The lowest BCUT2D eigenvalue weighted by Gasteiger charge is -2.00. The van der Waals surface area contributed by atoms with E-state index in [1.807, 2.05) is 24.3 Å². The minimum absolute atomic E-state index is 0.0598. The van der Waals surface area contributed by atoms with Crippen LogP contribution in [0.3, 0.4) is 0 Å². The number of para-hydroxylation sites is 2. The highest BCUT2D eigenvalue weighted by Crippen LogP contribution is 2.12.